The predicted molar refractivity (Wildman–Crippen MR) is 66.6 cm³/mol. The van der Waals surface area contributed by atoms with Crippen molar-refractivity contribution < 1.29 is 4.39 Å². The Kier molecular flexibility index (Phi) is 2.63. The van der Waals surface area contributed by atoms with Crippen molar-refractivity contribution in [3.05, 3.63) is 35.3 Å². The zero-order valence-corrected chi connectivity index (χ0v) is 10.5. The fourth-order valence-electron chi connectivity index (χ4n) is 2.74. The number of hydrogen-bond acceptors (Lipinski definition) is 3. The number of nitrogens with one attached hydrogen (secondary N) is 1. The quantitative estimate of drug-likeness (QED) is 0.780. The first kappa shape index (κ1) is 11.3. The SMILES string of the molecule is Cc1c(-c2ccnc(F)n2)c(C)n2c1CNCC2. The second-order valence-corrected chi connectivity index (χ2v) is 4.57. The van der Waals surface area contributed by atoms with Crippen molar-refractivity contribution in [2.24, 2.45) is 0 Å². The van der Waals surface area contributed by atoms with Crippen molar-refractivity contribution in [3.8, 4) is 11.3 Å². The van der Waals surface area contributed by atoms with Crippen molar-refractivity contribution in [1.82, 2.24) is 19.9 Å². The zero-order valence-electron chi connectivity index (χ0n) is 10.5. The maximum atomic E-state index is 13.2. The van der Waals surface area contributed by atoms with Crippen LogP contribution >= 0.6 is 0 Å². The Morgan fingerprint density at radius 1 is 1.39 bits per heavy atom. The number of fused-ring (bicyclic) bond motifs is 1. The van der Waals surface area contributed by atoms with Gasteiger partial charge in [0, 0.05) is 42.8 Å². The Morgan fingerprint density at radius 3 is 2.94 bits per heavy atom. The minimum absolute atomic E-state index is 0.666. The lowest BCUT2D eigenvalue weighted by atomic mass is 10.1. The van der Waals surface area contributed by atoms with Crippen molar-refractivity contribution in [1.29, 1.82) is 0 Å². The topological polar surface area (TPSA) is 42.7 Å². The van der Waals surface area contributed by atoms with Crippen LogP contribution in [0.15, 0.2) is 12.3 Å². The first-order valence-electron chi connectivity index (χ1n) is 6.06. The summed E-state index contributed by atoms with van der Waals surface area (Å²) in [7, 11) is 0. The standard InChI is InChI=1S/C13H15FN4/c1-8-11-7-15-5-6-18(11)9(2)12(8)10-3-4-16-13(14)17-10/h3-4,15H,5-7H2,1-2H3. The van der Waals surface area contributed by atoms with Gasteiger partial charge in [-0.3, -0.25) is 0 Å². The smallest absolute Gasteiger partial charge is 0.309 e. The third-order valence-electron chi connectivity index (χ3n) is 3.59. The Labute approximate surface area is 105 Å². The van der Waals surface area contributed by atoms with Crippen LogP contribution in [-0.4, -0.2) is 21.1 Å². The number of rotatable bonds is 1. The molecule has 0 spiro atoms. The van der Waals surface area contributed by atoms with Gasteiger partial charge in [-0.25, -0.2) is 9.97 Å². The molecule has 3 rings (SSSR count). The molecule has 4 nitrogen and oxygen atoms in total. The lowest BCUT2D eigenvalue weighted by Crippen LogP contribution is -2.28. The molecule has 0 saturated heterocycles. The second-order valence-electron chi connectivity index (χ2n) is 4.57. The van der Waals surface area contributed by atoms with Gasteiger partial charge in [0.15, 0.2) is 0 Å². The van der Waals surface area contributed by atoms with E-state index in [-0.39, 0.29) is 0 Å². The fraction of sp³-hybridized carbons (Fsp3) is 0.385. The highest BCUT2D eigenvalue weighted by Crippen LogP contribution is 2.31. The zero-order chi connectivity index (χ0) is 12.7. The fourth-order valence-corrected chi connectivity index (χ4v) is 2.74. The van der Waals surface area contributed by atoms with Crippen LogP contribution in [0.3, 0.4) is 0 Å². The van der Waals surface area contributed by atoms with Crippen LogP contribution in [0.5, 0.6) is 0 Å². The predicted octanol–water partition coefficient (Wildman–Crippen LogP) is 1.80. The Morgan fingerprint density at radius 2 is 2.22 bits per heavy atom. The summed E-state index contributed by atoms with van der Waals surface area (Å²) in [5.41, 5.74) is 5.31. The van der Waals surface area contributed by atoms with Crippen molar-refractivity contribution in [3.63, 3.8) is 0 Å². The summed E-state index contributed by atoms with van der Waals surface area (Å²) in [6, 6.07) is 1.76. The molecule has 0 radical (unpaired) electrons. The molecular formula is C13H15FN4. The van der Waals surface area contributed by atoms with E-state index in [1.807, 2.05) is 0 Å². The van der Waals surface area contributed by atoms with Crippen molar-refractivity contribution >= 4 is 0 Å². The van der Waals surface area contributed by atoms with Gasteiger partial charge >= 0.3 is 6.08 Å². The maximum Gasteiger partial charge on any atom is 0.309 e. The van der Waals surface area contributed by atoms with E-state index in [0.29, 0.717) is 5.69 Å². The van der Waals surface area contributed by atoms with Crippen LogP contribution in [0, 0.1) is 19.9 Å². The van der Waals surface area contributed by atoms with Crippen molar-refractivity contribution in [2.75, 3.05) is 6.54 Å². The minimum atomic E-state index is -0.673. The van der Waals surface area contributed by atoms with E-state index in [0.717, 1.165) is 30.9 Å². The molecule has 1 aliphatic heterocycles. The second kappa shape index (κ2) is 4.17. The average Bonchev–Trinajstić information content (AvgIpc) is 2.63. The van der Waals surface area contributed by atoms with E-state index in [2.05, 4.69) is 33.7 Å². The molecule has 0 fully saturated rings. The summed E-state index contributed by atoms with van der Waals surface area (Å²) in [5, 5.41) is 3.36. The number of hydrogen-bond donors (Lipinski definition) is 1. The van der Waals surface area contributed by atoms with E-state index in [1.54, 1.807) is 6.07 Å². The molecule has 0 saturated carbocycles. The monoisotopic (exact) mass is 246 g/mol. The van der Waals surface area contributed by atoms with Crippen LogP contribution in [-0.2, 0) is 13.1 Å². The number of nitrogens with zero attached hydrogens (tertiary/aromatic N) is 3. The lowest BCUT2D eigenvalue weighted by Gasteiger charge is -2.18. The van der Waals surface area contributed by atoms with E-state index in [4.69, 9.17) is 0 Å². The Hall–Kier alpha value is -1.75. The van der Waals surface area contributed by atoms with Crippen LogP contribution in [0.2, 0.25) is 0 Å². The molecule has 3 heterocycles. The van der Waals surface area contributed by atoms with Gasteiger partial charge in [0.25, 0.3) is 0 Å². The van der Waals surface area contributed by atoms with Gasteiger partial charge in [-0.05, 0) is 25.5 Å². The molecule has 1 aliphatic rings. The Balaban J connectivity index is 2.21. The van der Waals surface area contributed by atoms with Crippen molar-refractivity contribution in [2.45, 2.75) is 26.9 Å². The van der Waals surface area contributed by atoms with E-state index >= 15 is 0 Å². The van der Waals surface area contributed by atoms with E-state index in [9.17, 15) is 4.39 Å². The van der Waals surface area contributed by atoms with Gasteiger partial charge in [0.2, 0.25) is 0 Å². The summed E-state index contributed by atoms with van der Waals surface area (Å²) in [6.45, 7) is 6.92. The maximum absolute atomic E-state index is 13.2. The lowest BCUT2D eigenvalue weighted by molar-refractivity contribution is 0.507. The summed E-state index contributed by atoms with van der Waals surface area (Å²) < 4.78 is 15.5. The normalized spacial score (nSPS) is 14.6. The van der Waals surface area contributed by atoms with Crippen LogP contribution in [0.25, 0.3) is 11.3 Å². The number of halogens is 1. The molecule has 2 aromatic rings. The van der Waals surface area contributed by atoms with Gasteiger partial charge in [-0.15, -0.1) is 0 Å². The average molecular weight is 246 g/mol. The van der Waals surface area contributed by atoms with Gasteiger partial charge in [-0.2, -0.15) is 4.39 Å². The van der Waals surface area contributed by atoms with Gasteiger partial charge in [-0.1, -0.05) is 0 Å². The molecule has 0 aliphatic carbocycles. The molecule has 2 aromatic heterocycles. The molecule has 0 unspecified atom stereocenters. The van der Waals surface area contributed by atoms with Gasteiger partial charge < -0.3 is 9.88 Å². The number of aromatic nitrogens is 3. The third-order valence-corrected chi connectivity index (χ3v) is 3.59. The van der Waals surface area contributed by atoms with E-state index < -0.39 is 6.08 Å². The molecule has 94 valence electrons. The highest BCUT2D eigenvalue weighted by Gasteiger charge is 2.21. The molecule has 5 heteroatoms. The summed E-state index contributed by atoms with van der Waals surface area (Å²) in [4.78, 5) is 7.41. The molecule has 0 amide bonds. The molecule has 18 heavy (non-hydrogen) atoms. The van der Waals surface area contributed by atoms with E-state index in [1.165, 1.54) is 17.5 Å². The minimum Gasteiger partial charge on any atom is -0.345 e. The molecule has 0 atom stereocenters. The third kappa shape index (κ3) is 1.62. The first-order chi connectivity index (χ1) is 8.68. The summed E-state index contributed by atoms with van der Waals surface area (Å²) in [5.74, 6) is 0. The highest BCUT2D eigenvalue weighted by atomic mass is 19.1. The van der Waals surface area contributed by atoms with Crippen LogP contribution < -0.4 is 5.32 Å². The molecular weight excluding hydrogens is 231 g/mol. The Bertz CT molecular complexity index is 574. The van der Waals surface area contributed by atoms with Gasteiger partial charge in [0.1, 0.15) is 0 Å². The molecule has 1 N–H and O–H groups in total. The summed E-state index contributed by atoms with van der Waals surface area (Å²) in [6.07, 6.45) is 0.791. The van der Waals surface area contributed by atoms with Gasteiger partial charge in [0.05, 0.1) is 5.69 Å². The molecule has 0 bridgehead atoms. The van der Waals surface area contributed by atoms with Crippen LogP contribution in [0.4, 0.5) is 4.39 Å². The molecule has 0 aromatic carbocycles. The largest absolute Gasteiger partial charge is 0.345 e. The van der Waals surface area contributed by atoms with Crippen LogP contribution in [0.1, 0.15) is 17.0 Å². The highest BCUT2D eigenvalue weighted by molar-refractivity contribution is 5.68. The summed E-state index contributed by atoms with van der Waals surface area (Å²) >= 11 is 0. The first-order valence-corrected chi connectivity index (χ1v) is 6.06.